The Morgan fingerprint density at radius 2 is 1.81 bits per heavy atom. The average molecular weight is 513 g/mol. The molecule has 2 aliphatic heterocycles. The standard InChI is InChI=1S/C27H34N3O5S/c1-4-30(16-18-35-22-6-8-23(9-7-22)36(3,32)33)14-11-27(12-15-30)24-19-21(20-28)5-10-25(24)29(26(27)31)13-17-34-2/h5-10,19H,4,11-18H2,1-3H3/q+1. The Hall–Kier alpha value is -2.93. The van der Waals surface area contributed by atoms with Gasteiger partial charge in [0.1, 0.15) is 18.9 Å². The Morgan fingerprint density at radius 3 is 2.39 bits per heavy atom. The Balaban J connectivity index is 1.47. The molecule has 1 amide bonds. The molecule has 0 radical (unpaired) electrons. The van der Waals surface area contributed by atoms with E-state index in [9.17, 15) is 18.5 Å². The first-order chi connectivity index (χ1) is 17.2. The van der Waals surface area contributed by atoms with Crippen LogP contribution in [0.3, 0.4) is 0 Å². The van der Waals surface area contributed by atoms with Crippen LogP contribution >= 0.6 is 0 Å². The number of nitriles is 1. The number of methoxy groups -OCH3 is 1. The predicted octanol–water partition coefficient (Wildman–Crippen LogP) is 2.90. The maximum atomic E-state index is 13.8. The van der Waals surface area contributed by atoms with Gasteiger partial charge in [0.15, 0.2) is 9.84 Å². The minimum Gasteiger partial charge on any atom is -0.488 e. The normalized spacial score (nSPS) is 23.5. The van der Waals surface area contributed by atoms with E-state index < -0.39 is 15.3 Å². The second kappa shape index (κ2) is 10.2. The Labute approximate surface area is 213 Å². The third-order valence-corrected chi connectivity index (χ3v) is 9.02. The molecule has 9 heteroatoms. The van der Waals surface area contributed by atoms with Crippen LogP contribution in [0.2, 0.25) is 0 Å². The predicted molar refractivity (Wildman–Crippen MR) is 137 cm³/mol. The highest BCUT2D eigenvalue weighted by Gasteiger charge is 2.55. The number of piperidine rings is 1. The summed E-state index contributed by atoms with van der Waals surface area (Å²) in [6.45, 7) is 7.03. The van der Waals surface area contributed by atoms with Crippen LogP contribution in [0.4, 0.5) is 5.69 Å². The second-order valence-electron chi connectivity index (χ2n) is 9.80. The highest BCUT2D eigenvalue weighted by Crippen LogP contribution is 2.49. The molecule has 8 nitrogen and oxygen atoms in total. The first kappa shape index (κ1) is 26.1. The van der Waals surface area contributed by atoms with Crippen molar-refractivity contribution in [2.75, 3.05) is 64.2 Å². The number of amides is 1. The highest BCUT2D eigenvalue weighted by atomic mass is 32.2. The molecule has 192 valence electrons. The van der Waals surface area contributed by atoms with Gasteiger partial charge in [0.25, 0.3) is 0 Å². The van der Waals surface area contributed by atoms with Gasteiger partial charge in [-0.05, 0) is 55.0 Å². The van der Waals surface area contributed by atoms with Crippen molar-refractivity contribution in [1.82, 2.24) is 0 Å². The zero-order valence-corrected chi connectivity index (χ0v) is 22.0. The topological polar surface area (TPSA) is 96.7 Å². The molecule has 0 saturated carbocycles. The number of carbonyl (C=O) groups is 1. The number of hydrogen-bond acceptors (Lipinski definition) is 6. The van der Waals surface area contributed by atoms with Gasteiger partial charge in [-0.15, -0.1) is 0 Å². The Bertz CT molecular complexity index is 1260. The average Bonchev–Trinajstić information content (AvgIpc) is 3.10. The van der Waals surface area contributed by atoms with Gasteiger partial charge >= 0.3 is 0 Å². The fraction of sp³-hybridized carbons (Fsp3) is 0.481. The number of ether oxygens (including phenoxy) is 2. The molecule has 1 fully saturated rings. The summed E-state index contributed by atoms with van der Waals surface area (Å²) in [4.78, 5) is 15.9. The van der Waals surface area contributed by atoms with E-state index in [1.807, 2.05) is 17.0 Å². The van der Waals surface area contributed by atoms with Gasteiger partial charge in [-0.1, -0.05) is 0 Å². The first-order valence-corrected chi connectivity index (χ1v) is 14.2. The molecule has 1 spiro atoms. The number of anilines is 1. The number of hydrogen-bond donors (Lipinski definition) is 0. The largest absolute Gasteiger partial charge is 0.488 e. The van der Waals surface area contributed by atoms with Crippen molar-refractivity contribution in [2.45, 2.75) is 30.1 Å². The zero-order valence-electron chi connectivity index (χ0n) is 21.2. The van der Waals surface area contributed by atoms with Crippen molar-refractivity contribution < 1.29 is 27.2 Å². The molecular formula is C27H34N3O5S+. The number of likely N-dealkylation sites (tertiary alicyclic amines) is 1. The third-order valence-electron chi connectivity index (χ3n) is 7.89. The molecule has 0 atom stereocenters. The number of benzene rings is 2. The van der Waals surface area contributed by atoms with Gasteiger partial charge in [-0.25, -0.2) is 8.42 Å². The van der Waals surface area contributed by atoms with Gasteiger partial charge in [0.05, 0.1) is 48.2 Å². The van der Waals surface area contributed by atoms with Crippen LogP contribution < -0.4 is 9.64 Å². The summed E-state index contributed by atoms with van der Waals surface area (Å²) in [6.07, 6.45) is 2.62. The van der Waals surface area contributed by atoms with Crippen LogP contribution in [0.1, 0.15) is 30.9 Å². The van der Waals surface area contributed by atoms with E-state index in [4.69, 9.17) is 9.47 Å². The Morgan fingerprint density at radius 1 is 1.11 bits per heavy atom. The van der Waals surface area contributed by atoms with E-state index in [-0.39, 0.29) is 10.8 Å². The summed E-state index contributed by atoms with van der Waals surface area (Å²) in [5, 5.41) is 9.48. The monoisotopic (exact) mass is 512 g/mol. The Kier molecular flexibility index (Phi) is 7.41. The lowest BCUT2D eigenvalue weighted by atomic mass is 9.72. The maximum absolute atomic E-state index is 13.8. The molecule has 1 saturated heterocycles. The van der Waals surface area contributed by atoms with Crippen LogP contribution in [-0.2, 0) is 24.8 Å². The van der Waals surface area contributed by atoms with Crippen LogP contribution in [0.15, 0.2) is 47.4 Å². The molecule has 0 unspecified atom stereocenters. The number of rotatable bonds is 9. The number of carbonyl (C=O) groups excluding carboxylic acids is 1. The number of likely N-dealkylation sites (N-methyl/N-ethyl adjacent to an activating group) is 1. The lowest BCUT2D eigenvalue weighted by molar-refractivity contribution is -0.931. The highest BCUT2D eigenvalue weighted by molar-refractivity contribution is 7.90. The van der Waals surface area contributed by atoms with Crippen molar-refractivity contribution in [2.24, 2.45) is 0 Å². The lowest BCUT2D eigenvalue weighted by Gasteiger charge is -2.46. The van der Waals surface area contributed by atoms with Crippen molar-refractivity contribution in [3.63, 3.8) is 0 Å². The molecule has 2 aromatic rings. The van der Waals surface area contributed by atoms with E-state index in [2.05, 4.69) is 13.0 Å². The molecule has 0 bridgehead atoms. The quantitative estimate of drug-likeness (QED) is 0.480. The molecule has 0 aliphatic carbocycles. The van der Waals surface area contributed by atoms with Crippen LogP contribution in [0, 0.1) is 11.3 Å². The van der Waals surface area contributed by atoms with Crippen molar-refractivity contribution in [1.29, 1.82) is 5.26 Å². The van der Waals surface area contributed by atoms with Crippen molar-refractivity contribution >= 4 is 21.4 Å². The summed E-state index contributed by atoms with van der Waals surface area (Å²) >= 11 is 0. The fourth-order valence-corrected chi connectivity index (χ4v) is 6.16. The molecule has 2 aliphatic rings. The molecule has 36 heavy (non-hydrogen) atoms. The lowest BCUT2D eigenvalue weighted by Crippen LogP contribution is -2.59. The molecule has 4 rings (SSSR count). The van der Waals surface area contributed by atoms with E-state index in [0.717, 1.165) is 41.9 Å². The van der Waals surface area contributed by atoms with E-state index in [0.29, 0.717) is 43.9 Å². The van der Waals surface area contributed by atoms with E-state index in [1.165, 1.54) is 6.26 Å². The van der Waals surface area contributed by atoms with Gasteiger partial charge in [-0.3, -0.25) is 4.79 Å². The molecule has 2 aromatic carbocycles. The first-order valence-electron chi connectivity index (χ1n) is 12.3. The van der Waals surface area contributed by atoms with Gasteiger partial charge < -0.3 is 18.9 Å². The summed E-state index contributed by atoms with van der Waals surface area (Å²) in [7, 11) is -1.61. The zero-order chi connectivity index (χ0) is 26.0. The fourth-order valence-electron chi connectivity index (χ4n) is 5.53. The summed E-state index contributed by atoms with van der Waals surface area (Å²) < 4.78 is 35.4. The minimum atomic E-state index is -3.24. The van der Waals surface area contributed by atoms with Crippen LogP contribution in [0.25, 0.3) is 0 Å². The molecule has 0 aromatic heterocycles. The second-order valence-corrected chi connectivity index (χ2v) is 11.8. The van der Waals surface area contributed by atoms with Crippen LogP contribution in [0.5, 0.6) is 5.75 Å². The molecule has 0 N–H and O–H groups in total. The van der Waals surface area contributed by atoms with E-state index >= 15 is 0 Å². The SMILES string of the molecule is CC[N+]1(CCOc2ccc(S(C)(=O)=O)cc2)CCC2(CC1)C(=O)N(CCOC)c1ccc(C#N)cc12. The summed E-state index contributed by atoms with van der Waals surface area (Å²) in [6, 6.07) is 14.3. The van der Waals surface area contributed by atoms with Gasteiger partial charge in [-0.2, -0.15) is 5.26 Å². The smallest absolute Gasteiger partial charge is 0.238 e. The number of fused-ring (bicyclic) bond motifs is 2. The van der Waals surface area contributed by atoms with E-state index in [1.54, 1.807) is 37.4 Å². The molecule has 2 heterocycles. The van der Waals surface area contributed by atoms with Crippen molar-refractivity contribution in [3.05, 3.63) is 53.6 Å². The summed E-state index contributed by atoms with van der Waals surface area (Å²) in [5.74, 6) is 0.753. The maximum Gasteiger partial charge on any atom is 0.238 e. The van der Waals surface area contributed by atoms with Crippen molar-refractivity contribution in [3.8, 4) is 11.8 Å². The number of nitrogens with zero attached hydrogens (tertiary/aromatic N) is 3. The van der Waals surface area contributed by atoms with Gasteiger partial charge in [0.2, 0.25) is 5.91 Å². The summed E-state index contributed by atoms with van der Waals surface area (Å²) in [5.41, 5.74) is 1.84. The molecular weight excluding hydrogens is 478 g/mol. The number of quaternary nitrogens is 1. The van der Waals surface area contributed by atoms with Crippen LogP contribution in [-0.4, -0.2) is 78.1 Å². The number of sulfone groups is 1. The third kappa shape index (κ3) is 4.85. The minimum absolute atomic E-state index is 0.112. The van der Waals surface area contributed by atoms with Gasteiger partial charge in [0, 0.05) is 38.4 Å².